The Labute approximate surface area is 165 Å². The number of hydrogen-bond acceptors (Lipinski definition) is 3. The number of guanidine groups is 1. The van der Waals surface area contributed by atoms with Gasteiger partial charge in [-0.25, -0.2) is 0 Å². The van der Waals surface area contributed by atoms with Crippen LogP contribution in [0, 0.1) is 6.92 Å². The van der Waals surface area contributed by atoms with E-state index in [1.54, 1.807) is 14.2 Å². The van der Waals surface area contributed by atoms with Gasteiger partial charge in [-0.3, -0.25) is 4.99 Å². The number of aryl methyl sites for hydroxylation is 2. The minimum atomic E-state index is 0. The van der Waals surface area contributed by atoms with Gasteiger partial charge in [0.25, 0.3) is 0 Å². The Bertz CT molecular complexity index is 670. The number of methoxy groups -OCH3 is 1. The van der Waals surface area contributed by atoms with Gasteiger partial charge < -0.3 is 15.4 Å². The van der Waals surface area contributed by atoms with Crippen molar-refractivity contribution in [1.82, 2.24) is 10.6 Å². The quantitative estimate of drug-likeness (QED) is 0.388. The number of nitrogens with zero attached hydrogens (tertiary/aromatic N) is 1. The smallest absolute Gasteiger partial charge is 0.191 e. The SMILES string of the molecule is CCc1ccc(CNC(=NC)NCc2ccc(OC)c(C)c2)s1.I. The van der Waals surface area contributed by atoms with Crippen molar-refractivity contribution >= 4 is 41.3 Å². The highest BCUT2D eigenvalue weighted by Crippen LogP contribution is 2.18. The number of ether oxygens (including phenoxy) is 1. The Morgan fingerprint density at radius 3 is 2.42 bits per heavy atom. The Hall–Kier alpha value is -1.28. The van der Waals surface area contributed by atoms with Gasteiger partial charge in [-0.2, -0.15) is 0 Å². The van der Waals surface area contributed by atoms with Crippen molar-refractivity contribution in [1.29, 1.82) is 0 Å². The fraction of sp³-hybridized carbons (Fsp3) is 0.389. The van der Waals surface area contributed by atoms with E-state index in [9.17, 15) is 0 Å². The molecule has 0 aliphatic rings. The normalized spacial score (nSPS) is 10.9. The monoisotopic (exact) mass is 459 g/mol. The maximum atomic E-state index is 5.29. The minimum absolute atomic E-state index is 0. The fourth-order valence-corrected chi connectivity index (χ4v) is 3.23. The molecule has 0 aliphatic heterocycles. The Kier molecular flexibility index (Phi) is 9.13. The number of thiophene rings is 1. The summed E-state index contributed by atoms with van der Waals surface area (Å²) in [6.07, 6.45) is 1.09. The van der Waals surface area contributed by atoms with Crippen LogP contribution in [-0.2, 0) is 19.5 Å². The van der Waals surface area contributed by atoms with Crippen LogP contribution >= 0.6 is 35.3 Å². The molecule has 0 saturated heterocycles. The van der Waals surface area contributed by atoms with Gasteiger partial charge in [0, 0.05) is 23.3 Å². The van der Waals surface area contributed by atoms with Crippen LogP contribution in [0.25, 0.3) is 0 Å². The molecule has 6 heteroatoms. The number of aliphatic imine (C=N–C) groups is 1. The molecule has 0 atom stereocenters. The topological polar surface area (TPSA) is 45.7 Å². The highest BCUT2D eigenvalue weighted by atomic mass is 127. The Morgan fingerprint density at radius 1 is 1.12 bits per heavy atom. The predicted molar refractivity (Wildman–Crippen MR) is 114 cm³/mol. The fourth-order valence-electron chi connectivity index (χ4n) is 2.34. The first kappa shape index (κ1) is 20.8. The average Bonchev–Trinajstić information content (AvgIpc) is 3.03. The lowest BCUT2D eigenvalue weighted by atomic mass is 10.1. The molecule has 2 N–H and O–H groups in total. The molecule has 0 radical (unpaired) electrons. The molecule has 0 spiro atoms. The lowest BCUT2D eigenvalue weighted by Crippen LogP contribution is -2.36. The Balaban J connectivity index is 0.00000288. The molecular weight excluding hydrogens is 433 g/mol. The number of rotatable bonds is 6. The van der Waals surface area contributed by atoms with Crippen molar-refractivity contribution in [2.24, 2.45) is 4.99 Å². The third kappa shape index (κ3) is 5.98. The number of hydrogen-bond donors (Lipinski definition) is 2. The third-order valence-corrected chi connectivity index (χ3v) is 4.87. The van der Waals surface area contributed by atoms with Crippen LogP contribution in [0.15, 0.2) is 35.3 Å². The van der Waals surface area contributed by atoms with E-state index in [2.05, 4.69) is 53.7 Å². The van der Waals surface area contributed by atoms with Gasteiger partial charge in [0.2, 0.25) is 0 Å². The van der Waals surface area contributed by atoms with Crippen LogP contribution in [-0.4, -0.2) is 20.1 Å². The molecule has 24 heavy (non-hydrogen) atoms. The second-order valence-electron chi connectivity index (χ2n) is 5.30. The maximum absolute atomic E-state index is 5.29. The summed E-state index contributed by atoms with van der Waals surface area (Å²) in [6.45, 7) is 5.76. The van der Waals surface area contributed by atoms with Crippen LogP contribution in [0.3, 0.4) is 0 Å². The Morgan fingerprint density at radius 2 is 1.83 bits per heavy atom. The zero-order valence-corrected chi connectivity index (χ0v) is 17.8. The van der Waals surface area contributed by atoms with Crippen LogP contribution in [0.1, 0.15) is 27.8 Å². The van der Waals surface area contributed by atoms with E-state index < -0.39 is 0 Å². The second kappa shape index (κ2) is 10.6. The summed E-state index contributed by atoms with van der Waals surface area (Å²) < 4.78 is 5.29. The lowest BCUT2D eigenvalue weighted by molar-refractivity contribution is 0.411. The zero-order chi connectivity index (χ0) is 16.7. The zero-order valence-electron chi connectivity index (χ0n) is 14.7. The van der Waals surface area contributed by atoms with Crippen molar-refractivity contribution < 1.29 is 4.74 Å². The maximum Gasteiger partial charge on any atom is 0.191 e. The summed E-state index contributed by atoms with van der Waals surface area (Å²) in [4.78, 5) is 7.02. The van der Waals surface area contributed by atoms with E-state index in [4.69, 9.17) is 4.74 Å². The molecule has 0 saturated carbocycles. The molecular formula is C18H26IN3OS. The van der Waals surface area contributed by atoms with Crippen LogP contribution in [0.2, 0.25) is 0 Å². The molecule has 2 rings (SSSR count). The van der Waals surface area contributed by atoms with Gasteiger partial charge >= 0.3 is 0 Å². The van der Waals surface area contributed by atoms with Crippen molar-refractivity contribution in [3.63, 3.8) is 0 Å². The van der Waals surface area contributed by atoms with E-state index in [0.29, 0.717) is 0 Å². The molecule has 1 heterocycles. The highest BCUT2D eigenvalue weighted by Gasteiger charge is 2.03. The van der Waals surface area contributed by atoms with Gasteiger partial charge in [-0.05, 0) is 42.7 Å². The molecule has 1 aromatic carbocycles. The van der Waals surface area contributed by atoms with Crippen molar-refractivity contribution in [2.45, 2.75) is 33.4 Å². The van der Waals surface area contributed by atoms with Gasteiger partial charge in [0.1, 0.15) is 5.75 Å². The van der Waals surface area contributed by atoms with E-state index in [1.165, 1.54) is 15.3 Å². The molecule has 0 aliphatic carbocycles. The van der Waals surface area contributed by atoms with E-state index in [1.807, 2.05) is 17.4 Å². The van der Waals surface area contributed by atoms with Crippen LogP contribution < -0.4 is 15.4 Å². The van der Waals surface area contributed by atoms with Gasteiger partial charge in [-0.1, -0.05) is 19.1 Å². The van der Waals surface area contributed by atoms with Crippen molar-refractivity contribution in [3.05, 3.63) is 51.2 Å². The summed E-state index contributed by atoms with van der Waals surface area (Å²) in [5.74, 6) is 1.73. The van der Waals surface area contributed by atoms with E-state index >= 15 is 0 Å². The molecule has 132 valence electrons. The van der Waals surface area contributed by atoms with E-state index in [-0.39, 0.29) is 24.0 Å². The molecule has 0 unspecified atom stereocenters. The third-order valence-electron chi connectivity index (χ3n) is 3.64. The number of benzene rings is 1. The summed E-state index contributed by atoms with van der Waals surface area (Å²) in [7, 11) is 3.49. The molecule has 0 bridgehead atoms. The second-order valence-corrected chi connectivity index (χ2v) is 6.56. The standard InChI is InChI=1S/C18H25N3OS.HI/c1-5-15-7-8-16(23-15)12-21-18(19-3)20-11-14-6-9-17(22-4)13(2)10-14;/h6-10H,5,11-12H2,1-4H3,(H2,19,20,21);1H. The molecule has 4 nitrogen and oxygen atoms in total. The first-order valence-corrected chi connectivity index (χ1v) is 8.63. The molecule has 1 aromatic heterocycles. The van der Waals surface area contributed by atoms with Crippen LogP contribution in [0.4, 0.5) is 0 Å². The molecule has 2 aromatic rings. The largest absolute Gasteiger partial charge is 0.496 e. The summed E-state index contributed by atoms with van der Waals surface area (Å²) in [5, 5.41) is 6.70. The summed E-state index contributed by atoms with van der Waals surface area (Å²) in [6, 6.07) is 10.6. The predicted octanol–water partition coefficient (Wildman–Crippen LogP) is 4.11. The summed E-state index contributed by atoms with van der Waals surface area (Å²) in [5.41, 5.74) is 2.34. The van der Waals surface area contributed by atoms with Crippen molar-refractivity contribution in [3.8, 4) is 5.75 Å². The number of nitrogens with one attached hydrogen (secondary N) is 2. The molecule has 0 fully saturated rings. The minimum Gasteiger partial charge on any atom is -0.496 e. The van der Waals surface area contributed by atoms with Gasteiger partial charge in [0.05, 0.1) is 13.7 Å². The average molecular weight is 459 g/mol. The number of halogens is 1. The summed E-state index contributed by atoms with van der Waals surface area (Å²) >= 11 is 1.85. The first-order valence-electron chi connectivity index (χ1n) is 7.82. The van der Waals surface area contributed by atoms with Gasteiger partial charge in [-0.15, -0.1) is 35.3 Å². The van der Waals surface area contributed by atoms with Gasteiger partial charge in [0.15, 0.2) is 5.96 Å². The van der Waals surface area contributed by atoms with E-state index in [0.717, 1.165) is 36.8 Å². The highest BCUT2D eigenvalue weighted by molar-refractivity contribution is 14.0. The van der Waals surface area contributed by atoms with Crippen LogP contribution in [0.5, 0.6) is 5.75 Å². The first-order chi connectivity index (χ1) is 11.2. The van der Waals surface area contributed by atoms with Crippen molar-refractivity contribution in [2.75, 3.05) is 14.2 Å². The molecule has 0 amide bonds. The lowest BCUT2D eigenvalue weighted by Gasteiger charge is -2.12.